The smallest absolute Gasteiger partial charge is 0.329 e. The molecule has 2 saturated carbocycles. The van der Waals surface area contributed by atoms with Crippen molar-refractivity contribution in [3.8, 4) is 0 Å². The largest absolute Gasteiger partial charge is 0.480 e. The number of carbonyl (C=O) groups excluding carboxylic acids is 1. The van der Waals surface area contributed by atoms with Crippen molar-refractivity contribution in [3.05, 3.63) is 0 Å². The molecule has 0 heterocycles. The highest BCUT2D eigenvalue weighted by Gasteiger charge is 2.65. The molecule has 0 aromatic carbocycles. The van der Waals surface area contributed by atoms with Gasteiger partial charge in [0, 0.05) is 18.4 Å². The fraction of sp³-hybridized carbons (Fsp3) is 0.846. The highest BCUT2D eigenvalue weighted by atomic mass is 16.5. The number of nitrogens with two attached hydrogens (primary N) is 1. The van der Waals surface area contributed by atoms with E-state index in [0.29, 0.717) is 25.9 Å². The van der Waals surface area contributed by atoms with Gasteiger partial charge >= 0.3 is 5.97 Å². The molecule has 2 fully saturated rings. The SMILES string of the molecule is CCOC1CC(N)(C(=O)NC2(C(=O)O)CC2)C1(C)C. The van der Waals surface area contributed by atoms with Crippen molar-refractivity contribution >= 4 is 11.9 Å². The Morgan fingerprint density at radius 2 is 2.00 bits per heavy atom. The van der Waals surface area contributed by atoms with Crippen LogP contribution in [-0.2, 0) is 14.3 Å². The van der Waals surface area contributed by atoms with E-state index in [1.165, 1.54) is 0 Å². The van der Waals surface area contributed by atoms with Gasteiger partial charge in [-0.3, -0.25) is 4.79 Å². The molecule has 108 valence electrons. The Balaban J connectivity index is 2.06. The van der Waals surface area contributed by atoms with Crippen LogP contribution in [0.3, 0.4) is 0 Å². The number of aliphatic carboxylic acids is 1. The summed E-state index contributed by atoms with van der Waals surface area (Å²) in [5.41, 5.74) is 3.55. The third kappa shape index (κ3) is 1.94. The van der Waals surface area contributed by atoms with E-state index < -0.39 is 22.5 Å². The topological polar surface area (TPSA) is 102 Å². The van der Waals surface area contributed by atoms with Crippen LogP contribution in [0.5, 0.6) is 0 Å². The van der Waals surface area contributed by atoms with Gasteiger partial charge < -0.3 is 20.9 Å². The summed E-state index contributed by atoms with van der Waals surface area (Å²) < 4.78 is 5.56. The van der Waals surface area contributed by atoms with Crippen LogP contribution < -0.4 is 11.1 Å². The van der Waals surface area contributed by atoms with Gasteiger partial charge in [-0.15, -0.1) is 0 Å². The Morgan fingerprint density at radius 1 is 1.42 bits per heavy atom. The molecular weight excluding hydrogens is 248 g/mol. The molecule has 0 aromatic rings. The van der Waals surface area contributed by atoms with Crippen molar-refractivity contribution < 1.29 is 19.4 Å². The van der Waals surface area contributed by atoms with Crippen LogP contribution in [0.1, 0.15) is 40.0 Å². The van der Waals surface area contributed by atoms with Gasteiger partial charge in [0.25, 0.3) is 0 Å². The van der Waals surface area contributed by atoms with Crippen LogP contribution in [0.2, 0.25) is 0 Å². The Bertz CT molecular complexity index is 417. The lowest BCUT2D eigenvalue weighted by molar-refractivity contribution is -0.172. The number of carboxylic acid groups (broad SMARTS) is 1. The summed E-state index contributed by atoms with van der Waals surface area (Å²) in [6, 6.07) is 0. The molecule has 2 aliphatic rings. The highest BCUT2D eigenvalue weighted by Crippen LogP contribution is 2.50. The number of hydrogen-bond acceptors (Lipinski definition) is 4. The van der Waals surface area contributed by atoms with Crippen molar-refractivity contribution in [1.29, 1.82) is 0 Å². The maximum absolute atomic E-state index is 12.3. The van der Waals surface area contributed by atoms with Gasteiger partial charge in [0.15, 0.2) is 0 Å². The predicted molar refractivity (Wildman–Crippen MR) is 68.5 cm³/mol. The van der Waals surface area contributed by atoms with Crippen LogP contribution >= 0.6 is 0 Å². The molecule has 0 bridgehead atoms. The molecule has 4 N–H and O–H groups in total. The molecule has 2 atom stereocenters. The maximum Gasteiger partial charge on any atom is 0.329 e. The van der Waals surface area contributed by atoms with E-state index in [4.69, 9.17) is 15.6 Å². The van der Waals surface area contributed by atoms with Crippen LogP contribution in [0.15, 0.2) is 0 Å². The second kappa shape index (κ2) is 4.18. The van der Waals surface area contributed by atoms with Crippen LogP contribution in [-0.4, -0.2) is 40.8 Å². The molecule has 0 aromatic heterocycles. The van der Waals surface area contributed by atoms with Crippen molar-refractivity contribution in [1.82, 2.24) is 5.32 Å². The Hall–Kier alpha value is -1.14. The van der Waals surface area contributed by atoms with Gasteiger partial charge in [0.1, 0.15) is 11.1 Å². The summed E-state index contributed by atoms with van der Waals surface area (Å²) in [7, 11) is 0. The van der Waals surface area contributed by atoms with Crippen molar-refractivity contribution in [2.75, 3.05) is 6.61 Å². The minimum Gasteiger partial charge on any atom is -0.480 e. The lowest BCUT2D eigenvalue weighted by Gasteiger charge is -2.57. The normalized spacial score (nSPS) is 34.2. The summed E-state index contributed by atoms with van der Waals surface area (Å²) in [6.45, 7) is 6.24. The third-order valence-corrected chi connectivity index (χ3v) is 4.75. The quantitative estimate of drug-likeness (QED) is 0.665. The Labute approximate surface area is 112 Å². The first-order valence-corrected chi connectivity index (χ1v) is 6.66. The lowest BCUT2D eigenvalue weighted by Crippen LogP contribution is -2.76. The van der Waals surface area contributed by atoms with Crippen molar-refractivity contribution in [2.24, 2.45) is 11.1 Å². The summed E-state index contributed by atoms with van der Waals surface area (Å²) in [4.78, 5) is 23.4. The summed E-state index contributed by atoms with van der Waals surface area (Å²) in [5, 5.41) is 11.7. The van der Waals surface area contributed by atoms with E-state index in [1.807, 2.05) is 20.8 Å². The number of hydrogen-bond donors (Lipinski definition) is 3. The molecule has 6 nitrogen and oxygen atoms in total. The number of carboxylic acids is 1. The molecule has 1 amide bonds. The zero-order valence-corrected chi connectivity index (χ0v) is 11.7. The summed E-state index contributed by atoms with van der Waals surface area (Å²) >= 11 is 0. The fourth-order valence-electron chi connectivity index (χ4n) is 2.67. The van der Waals surface area contributed by atoms with E-state index in [0.717, 1.165) is 0 Å². The molecule has 0 aliphatic heterocycles. The third-order valence-electron chi connectivity index (χ3n) is 4.75. The molecule has 19 heavy (non-hydrogen) atoms. The first-order chi connectivity index (χ1) is 8.69. The maximum atomic E-state index is 12.3. The fourth-order valence-corrected chi connectivity index (χ4v) is 2.67. The monoisotopic (exact) mass is 270 g/mol. The van der Waals surface area contributed by atoms with Crippen molar-refractivity contribution in [3.63, 3.8) is 0 Å². The number of carbonyl (C=O) groups is 2. The van der Waals surface area contributed by atoms with Crippen LogP contribution in [0.4, 0.5) is 0 Å². The van der Waals surface area contributed by atoms with Crippen molar-refractivity contribution in [2.45, 2.75) is 57.2 Å². The van der Waals surface area contributed by atoms with E-state index in [1.54, 1.807) is 0 Å². The summed E-state index contributed by atoms with van der Waals surface area (Å²) in [5.74, 6) is -1.36. The second-order valence-electron chi connectivity index (χ2n) is 6.18. The number of ether oxygens (including phenoxy) is 1. The van der Waals surface area contributed by atoms with E-state index in [2.05, 4.69) is 5.32 Å². The standard InChI is InChI=1S/C13H22N2O4/c1-4-19-8-7-13(14,11(8,2)3)9(16)15-12(5-6-12)10(17)18/h8H,4-7,14H2,1-3H3,(H,15,16)(H,17,18). The minimum absolute atomic E-state index is 0.0618. The lowest BCUT2D eigenvalue weighted by atomic mass is 9.54. The average Bonchev–Trinajstić information content (AvgIpc) is 3.09. The van der Waals surface area contributed by atoms with Gasteiger partial charge in [0.05, 0.1) is 6.10 Å². The van der Waals surface area contributed by atoms with Gasteiger partial charge in [-0.1, -0.05) is 13.8 Å². The molecule has 2 aliphatic carbocycles. The van der Waals surface area contributed by atoms with E-state index >= 15 is 0 Å². The molecular formula is C13H22N2O4. The Morgan fingerprint density at radius 3 is 2.37 bits per heavy atom. The van der Waals surface area contributed by atoms with Gasteiger partial charge in [-0.2, -0.15) is 0 Å². The first kappa shape index (κ1) is 14.3. The first-order valence-electron chi connectivity index (χ1n) is 6.66. The Kier molecular flexibility index (Phi) is 3.14. The molecule has 2 unspecified atom stereocenters. The number of nitrogens with one attached hydrogen (secondary N) is 1. The predicted octanol–water partition coefficient (Wildman–Crippen LogP) is 0.252. The average molecular weight is 270 g/mol. The van der Waals surface area contributed by atoms with Gasteiger partial charge in [-0.25, -0.2) is 4.79 Å². The zero-order chi connectivity index (χ0) is 14.5. The van der Waals surface area contributed by atoms with Gasteiger partial charge in [-0.05, 0) is 19.8 Å². The molecule has 0 saturated heterocycles. The second-order valence-corrected chi connectivity index (χ2v) is 6.18. The van der Waals surface area contributed by atoms with Crippen LogP contribution in [0, 0.1) is 5.41 Å². The number of rotatable bonds is 5. The van der Waals surface area contributed by atoms with Gasteiger partial charge in [0.2, 0.25) is 5.91 Å². The minimum atomic E-state index is -1.09. The zero-order valence-electron chi connectivity index (χ0n) is 11.7. The highest BCUT2D eigenvalue weighted by molar-refractivity contribution is 5.95. The van der Waals surface area contributed by atoms with E-state index in [-0.39, 0.29) is 12.0 Å². The van der Waals surface area contributed by atoms with Crippen LogP contribution in [0.25, 0.3) is 0 Å². The molecule has 2 rings (SSSR count). The summed E-state index contributed by atoms with van der Waals surface area (Å²) in [6.07, 6.45) is 1.31. The van der Waals surface area contributed by atoms with E-state index in [9.17, 15) is 9.59 Å². The molecule has 0 radical (unpaired) electrons. The molecule has 6 heteroatoms. The number of amides is 1. The molecule has 0 spiro atoms.